The Labute approximate surface area is 365 Å². The molecule has 2 aromatic heterocycles. The van der Waals surface area contributed by atoms with E-state index in [1.165, 1.54) is 16.4 Å². The molecule has 6 nitrogen and oxygen atoms in total. The molecule has 13 rings (SSSR count). The molecule has 11 aromatic rings. The summed E-state index contributed by atoms with van der Waals surface area (Å²) in [5.41, 5.74) is 18.6. The second-order valence-corrected chi connectivity index (χ2v) is 16.2. The molecular formula is C56H37BN6. The van der Waals surface area contributed by atoms with Crippen molar-refractivity contribution in [2.75, 3.05) is 9.80 Å². The molecule has 294 valence electrons. The van der Waals surface area contributed by atoms with Crippen LogP contribution in [0.2, 0.25) is 0 Å². The monoisotopic (exact) mass is 804 g/mol. The highest BCUT2D eigenvalue weighted by Crippen LogP contribution is 2.42. The molecule has 0 spiro atoms. The Hall–Kier alpha value is -8.42. The quantitative estimate of drug-likeness (QED) is 0.144. The molecule has 0 saturated heterocycles. The predicted octanol–water partition coefficient (Wildman–Crippen LogP) is 11.8. The summed E-state index contributed by atoms with van der Waals surface area (Å²) >= 11 is 0. The van der Waals surface area contributed by atoms with Gasteiger partial charge in [0.15, 0.2) is 0 Å². The van der Waals surface area contributed by atoms with Crippen molar-refractivity contribution in [3.63, 3.8) is 0 Å². The van der Waals surface area contributed by atoms with Crippen molar-refractivity contribution in [3.05, 3.63) is 224 Å². The number of aromatic nitrogens is 4. The van der Waals surface area contributed by atoms with Gasteiger partial charge < -0.3 is 9.80 Å². The SMILES string of the molecule is c1ccc(-c2nc3cc(N(c4ccccc4)c4ccccc4)cc4c3n2-c2cccc3c2B4c2cc(N(c4ccccc4)c4ccccc4)cc4nc(-c5ccccc5)n-3c24)cc1. The van der Waals surface area contributed by atoms with Crippen LogP contribution in [-0.4, -0.2) is 25.8 Å². The second-order valence-electron chi connectivity index (χ2n) is 16.2. The van der Waals surface area contributed by atoms with E-state index in [-0.39, 0.29) is 6.71 Å². The lowest BCUT2D eigenvalue weighted by atomic mass is 9.34. The lowest BCUT2D eigenvalue weighted by Crippen LogP contribution is -2.59. The third-order valence-corrected chi connectivity index (χ3v) is 12.6. The van der Waals surface area contributed by atoms with E-state index in [0.717, 1.165) is 90.3 Å². The van der Waals surface area contributed by atoms with Crippen LogP contribution in [0.4, 0.5) is 34.1 Å². The fraction of sp³-hybridized carbons (Fsp3) is 0. The first-order chi connectivity index (χ1) is 31.3. The topological polar surface area (TPSA) is 42.1 Å². The van der Waals surface area contributed by atoms with Crippen molar-refractivity contribution < 1.29 is 0 Å². The molecule has 0 saturated carbocycles. The van der Waals surface area contributed by atoms with Crippen molar-refractivity contribution >= 4 is 79.3 Å². The second kappa shape index (κ2) is 14.1. The Morgan fingerprint density at radius 2 is 0.667 bits per heavy atom. The van der Waals surface area contributed by atoms with E-state index in [9.17, 15) is 0 Å². The Morgan fingerprint density at radius 3 is 1.02 bits per heavy atom. The zero-order valence-electron chi connectivity index (χ0n) is 34.1. The fourth-order valence-electron chi connectivity index (χ4n) is 10.1. The first-order valence-corrected chi connectivity index (χ1v) is 21.5. The van der Waals surface area contributed by atoms with Gasteiger partial charge in [0.1, 0.15) is 11.6 Å². The van der Waals surface area contributed by atoms with Crippen LogP contribution in [0.5, 0.6) is 0 Å². The predicted molar refractivity (Wildman–Crippen MR) is 261 cm³/mol. The van der Waals surface area contributed by atoms with Crippen LogP contribution in [0, 0.1) is 0 Å². The molecule has 0 fully saturated rings. The number of hydrogen-bond acceptors (Lipinski definition) is 4. The van der Waals surface area contributed by atoms with Gasteiger partial charge in [0, 0.05) is 56.6 Å². The first-order valence-electron chi connectivity index (χ1n) is 21.5. The highest BCUT2D eigenvalue weighted by molar-refractivity contribution is 7.00. The van der Waals surface area contributed by atoms with Crippen molar-refractivity contribution in [1.82, 2.24) is 19.1 Å². The number of benzene rings is 9. The number of fused-ring (bicyclic) bond motifs is 4. The summed E-state index contributed by atoms with van der Waals surface area (Å²) in [6, 6.07) is 80.0. The van der Waals surface area contributed by atoms with Gasteiger partial charge in [-0.05, 0) is 101 Å². The molecule has 0 atom stereocenters. The molecule has 2 aliphatic rings. The maximum absolute atomic E-state index is 5.59. The smallest absolute Gasteiger partial charge is 0.252 e. The molecule has 0 N–H and O–H groups in total. The number of imidazole rings is 2. The standard InChI is InChI=1S/C56H37BN6/c1-7-20-38(21-8-1)55-58-48-36-44(60(40-24-11-3-12-25-40)41-26-13-4-14-27-41)34-46-53(48)62(55)50-32-19-33-51-52(50)57(46)47-35-45(61(42-28-15-5-16-29-42)43-30-17-6-18-31-43)37-49-54(47)63(51)56(59-49)39-22-9-2-10-23-39/h1-37H. The van der Waals surface area contributed by atoms with Crippen LogP contribution in [0.25, 0.3) is 56.2 Å². The van der Waals surface area contributed by atoms with Crippen LogP contribution in [-0.2, 0) is 0 Å². The molecule has 0 unspecified atom stereocenters. The minimum absolute atomic E-state index is 0.149. The Kier molecular flexibility index (Phi) is 7.90. The van der Waals surface area contributed by atoms with Gasteiger partial charge in [-0.15, -0.1) is 0 Å². The third-order valence-electron chi connectivity index (χ3n) is 12.6. The summed E-state index contributed by atoms with van der Waals surface area (Å²) in [5.74, 6) is 1.83. The zero-order chi connectivity index (χ0) is 41.4. The molecule has 2 aliphatic heterocycles. The van der Waals surface area contributed by atoms with E-state index < -0.39 is 0 Å². The third kappa shape index (κ3) is 5.46. The highest BCUT2D eigenvalue weighted by Gasteiger charge is 2.42. The molecule has 0 bridgehead atoms. The molecule has 0 amide bonds. The maximum atomic E-state index is 5.59. The van der Waals surface area contributed by atoms with Gasteiger partial charge in [-0.3, -0.25) is 9.13 Å². The normalized spacial score (nSPS) is 12.1. The van der Waals surface area contributed by atoms with Crippen LogP contribution >= 0.6 is 0 Å². The van der Waals surface area contributed by atoms with Crippen LogP contribution in [0.1, 0.15) is 0 Å². The highest BCUT2D eigenvalue weighted by atomic mass is 15.2. The minimum atomic E-state index is -0.149. The summed E-state index contributed by atoms with van der Waals surface area (Å²) in [6.07, 6.45) is 0. The average molecular weight is 805 g/mol. The number of hydrogen-bond donors (Lipinski definition) is 0. The van der Waals surface area contributed by atoms with Crippen LogP contribution in [0.3, 0.4) is 0 Å². The van der Waals surface area contributed by atoms with Gasteiger partial charge in [-0.1, -0.05) is 140 Å². The van der Waals surface area contributed by atoms with E-state index in [4.69, 9.17) is 9.97 Å². The molecular weight excluding hydrogens is 767 g/mol. The van der Waals surface area contributed by atoms with Gasteiger partial charge in [0.05, 0.1) is 22.1 Å². The molecule has 0 aliphatic carbocycles. The van der Waals surface area contributed by atoms with Crippen molar-refractivity contribution in [2.24, 2.45) is 0 Å². The number of para-hydroxylation sites is 4. The Morgan fingerprint density at radius 1 is 0.333 bits per heavy atom. The summed E-state index contributed by atoms with van der Waals surface area (Å²) < 4.78 is 4.83. The van der Waals surface area contributed by atoms with E-state index in [1.807, 2.05) is 0 Å². The number of nitrogens with zero attached hydrogens (tertiary/aromatic N) is 6. The molecule has 0 radical (unpaired) electrons. The van der Waals surface area contributed by atoms with Gasteiger partial charge in [-0.25, -0.2) is 9.97 Å². The Bertz CT molecular complexity index is 3190. The van der Waals surface area contributed by atoms with E-state index >= 15 is 0 Å². The molecule has 63 heavy (non-hydrogen) atoms. The van der Waals surface area contributed by atoms with Crippen LogP contribution < -0.4 is 26.2 Å². The fourth-order valence-corrected chi connectivity index (χ4v) is 10.1. The van der Waals surface area contributed by atoms with E-state index in [1.54, 1.807) is 0 Å². The summed E-state index contributed by atoms with van der Waals surface area (Å²) in [5, 5.41) is 0. The van der Waals surface area contributed by atoms with Gasteiger partial charge in [0.25, 0.3) is 6.71 Å². The number of anilines is 6. The minimum Gasteiger partial charge on any atom is -0.310 e. The van der Waals surface area contributed by atoms with Gasteiger partial charge in [0.2, 0.25) is 0 Å². The van der Waals surface area contributed by atoms with Crippen molar-refractivity contribution in [2.45, 2.75) is 0 Å². The summed E-state index contributed by atoms with van der Waals surface area (Å²) in [6.45, 7) is -0.149. The van der Waals surface area contributed by atoms with Gasteiger partial charge in [-0.2, -0.15) is 0 Å². The lowest BCUT2D eigenvalue weighted by Gasteiger charge is -2.35. The summed E-state index contributed by atoms with van der Waals surface area (Å²) in [7, 11) is 0. The zero-order valence-corrected chi connectivity index (χ0v) is 34.1. The van der Waals surface area contributed by atoms with Crippen LogP contribution in [0.15, 0.2) is 224 Å². The van der Waals surface area contributed by atoms with Crippen molar-refractivity contribution in [1.29, 1.82) is 0 Å². The van der Waals surface area contributed by atoms with E-state index in [0.29, 0.717) is 0 Å². The van der Waals surface area contributed by atoms with E-state index in [2.05, 4.69) is 243 Å². The summed E-state index contributed by atoms with van der Waals surface area (Å²) in [4.78, 5) is 15.9. The molecule has 4 heterocycles. The van der Waals surface area contributed by atoms with Gasteiger partial charge >= 0.3 is 0 Å². The molecule has 7 heteroatoms. The van der Waals surface area contributed by atoms with Crippen molar-refractivity contribution in [3.8, 4) is 34.2 Å². The molecule has 9 aromatic carbocycles. The first kappa shape index (κ1) is 35.4. The number of rotatable bonds is 8. The largest absolute Gasteiger partial charge is 0.310 e. The Balaban J connectivity index is 1.16. The lowest BCUT2D eigenvalue weighted by molar-refractivity contribution is 1.07. The average Bonchev–Trinajstić information content (AvgIpc) is 3.94. The maximum Gasteiger partial charge on any atom is 0.252 e.